The molecule has 5 N–H and O–H groups in total. The van der Waals surface area contributed by atoms with Gasteiger partial charge in [0.05, 0.1) is 5.69 Å². The number of anilines is 2. The highest BCUT2D eigenvalue weighted by Crippen LogP contribution is 2.33. The molecule has 0 radical (unpaired) electrons. The summed E-state index contributed by atoms with van der Waals surface area (Å²) in [5.41, 5.74) is 12.0. The van der Waals surface area contributed by atoms with E-state index in [1.807, 2.05) is 0 Å². The van der Waals surface area contributed by atoms with E-state index in [1.165, 1.54) is 19.3 Å². The predicted octanol–water partition coefficient (Wildman–Crippen LogP) is 2.39. The molecule has 1 aliphatic rings. The van der Waals surface area contributed by atoms with Crippen molar-refractivity contribution in [1.82, 2.24) is 4.98 Å². The highest BCUT2D eigenvalue weighted by atomic mass is 16.1. The number of nitrogens with zero attached hydrogens (tertiary/aromatic N) is 1. The van der Waals surface area contributed by atoms with Crippen LogP contribution in [0.2, 0.25) is 0 Å². The van der Waals surface area contributed by atoms with Crippen molar-refractivity contribution >= 4 is 17.4 Å². The number of primary amides is 1. The van der Waals surface area contributed by atoms with Gasteiger partial charge < -0.3 is 16.8 Å². The molecule has 0 aromatic carbocycles. The Bertz CT molecular complexity index is 487. The van der Waals surface area contributed by atoms with E-state index in [-0.39, 0.29) is 5.69 Å². The van der Waals surface area contributed by atoms with E-state index in [4.69, 9.17) is 11.5 Å². The molecule has 110 valence electrons. The molecule has 1 aromatic heterocycles. The highest BCUT2D eigenvalue weighted by molar-refractivity contribution is 5.91. The van der Waals surface area contributed by atoms with E-state index in [9.17, 15) is 4.79 Å². The molecule has 1 heterocycles. The molecule has 5 nitrogen and oxygen atoms in total. The standard InChI is InChI=1S/C15H24N4O/c1-9(2)10-5-3-4-6-12(10)18-15-11(16)7-8-13(19-15)14(17)20/h7-10,12H,3-6,16H2,1-2H3,(H2,17,20)(H,18,19). The van der Waals surface area contributed by atoms with E-state index >= 15 is 0 Å². The fraction of sp³-hybridized carbons (Fsp3) is 0.600. The second kappa shape index (κ2) is 6.11. The Labute approximate surface area is 120 Å². The van der Waals surface area contributed by atoms with Crippen LogP contribution in [0.25, 0.3) is 0 Å². The number of nitrogens with two attached hydrogens (primary N) is 2. The molecule has 1 saturated carbocycles. The molecule has 2 unspecified atom stereocenters. The van der Waals surface area contributed by atoms with Crippen LogP contribution in [0.4, 0.5) is 11.5 Å². The van der Waals surface area contributed by atoms with Gasteiger partial charge in [0.1, 0.15) is 11.5 Å². The summed E-state index contributed by atoms with van der Waals surface area (Å²) in [6.45, 7) is 4.50. The van der Waals surface area contributed by atoms with Gasteiger partial charge in [0.15, 0.2) is 0 Å². The van der Waals surface area contributed by atoms with Gasteiger partial charge in [-0.3, -0.25) is 4.79 Å². The molecule has 1 aromatic rings. The number of amides is 1. The number of pyridine rings is 1. The Balaban J connectivity index is 2.19. The smallest absolute Gasteiger partial charge is 0.267 e. The first kappa shape index (κ1) is 14.6. The maximum Gasteiger partial charge on any atom is 0.267 e. The Morgan fingerprint density at radius 3 is 2.70 bits per heavy atom. The molecule has 20 heavy (non-hydrogen) atoms. The maximum absolute atomic E-state index is 11.2. The minimum Gasteiger partial charge on any atom is -0.396 e. The average molecular weight is 276 g/mol. The SMILES string of the molecule is CC(C)C1CCCCC1Nc1nc(C(N)=O)ccc1N. The largest absolute Gasteiger partial charge is 0.396 e. The van der Waals surface area contributed by atoms with Crippen LogP contribution in [-0.2, 0) is 0 Å². The van der Waals surface area contributed by atoms with Crippen molar-refractivity contribution in [3.05, 3.63) is 17.8 Å². The zero-order valence-corrected chi connectivity index (χ0v) is 12.2. The van der Waals surface area contributed by atoms with Crippen molar-refractivity contribution in [3.63, 3.8) is 0 Å². The predicted molar refractivity (Wildman–Crippen MR) is 81.4 cm³/mol. The van der Waals surface area contributed by atoms with Crippen molar-refractivity contribution in [3.8, 4) is 0 Å². The summed E-state index contributed by atoms with van der Waals surface area (Å²) in [5, 5.41) is 3.43. The van der Waals surface area contributed by atoms with Gasteiger partial charge in [-0.15, -0.1) is 0 Å². The zero-order valence-electron chi connectivity index (χ0n) is 12.2. The number of carbonyl (C=O) groups excluding carboxylic acids is 1. The molecular formula is C15H24N4O. The fourth-order valence-corrected chi connectivity index (χ4v) is 3.04. The molecule has 1 amide bonds. The maximum atomic E-state index is 11.2. The van der Waals surface area contributed by atoms with Crippen molar-refractivity contribution in [2.75, 3.05) is 11.1 Å². The third kappa shape index (κ3) is 3.21. The lowest BCUT2D eigenvalue weighted by atomic mass is 9.78. The number of carbonyl (C=O) groups is 1. The van der Waals surface area contributed by atoms with Gasteiger partial charge in [-0.05, 0) is 36.8 Å². The average Bonchev–Trinajstić information content (AvgIpc) is 2.41. The van der Waals surface area contributed by atoms with Gasteiger partial charge in [0.25, 0.3) is 5.91 Å². The number of nitrogen functional groups attached to an aromatic ring is 1. The van der Waals surface area contributed by atoms with Crippen LogP contribution in [0, 0.1) is 11.8 Å². The molecule has 5 heteroatoms. The Morgan fingerprint density at radius 2 is 2.05 bits per heavy atom. The van der Waals surface area contributed by atoms with Gasteiger partial charge in [-0.2, -0.15) is 0 Å². The van der Waals surface area contributed by atoms with Gasteiger partial charge in [-0.25, -0.2) is 4.98 Å². The van der Waals surface area contributed by atoms with Crippen molar-refractivity contribution in [1.29, 1.82) is 0 Å². The molecule has 0 spiro atoms. The van der Waals surface area contributed by atoms with Crippen LogP contribution in [0.5, 0.6) is 0 Å². The lowest BCUT2D eigenvalue weighted by Gasteiger charge is -2.35. The van der Waals surface area contributed by atoms with Crippen LogP contribution >= 0.6 is 0 Å². The monoisotopic (exact) mass is 276 g/mol. The number of aromatic nitrogens is 1. The molecule has 2 atom stereocenters. The Kier molecular flexibility index (Phi) is 4.47. The fourth-order valence-electron chi connectivity index (χ4n) is 3.04. The molecule has 0 aliphatic heterocycles. The Hall–Kier alpha value is -1.78. The molecular weight excluding hydrogens is 252 g/mol. The van der Waals surface area contributed by atoms with E-state index in [0.29, 0.717) is 29.4 Å². The van der Waals surface area contributed by atoms with E-state index in [0.717, 1.165) is 6.42 Å². The summed E-state index contributed by atoms with van der Waals surface area (Å²) >= 11 is 0. The van der Waals surface area contributed by atoms with Gasteiger partial charge in [-0.1, -0.05) is 26.7 Å². The minimum atomic E-state index is -0.530. The molecule has 2 rings (SSSR count). The molecule has 0 bridgehead atoms. The summed E-state index contributed by atoms with van der Waals surface area (Å²) < 4.78 is 0. The number of rotatable bonds is 4. The number of hydrogen-bond donors (Lipinski definition) is 3. The molecule has 1 aliphatic carbocycles. The zero-order chi connectivity index (χ0) is 14.7. The highest BCUT2D eigenvalue weighted by Gasteiger charge is 2.28. The summed E-state index contributed by atoms with van der Waals surface area (Å²) in [4.78, 5) is 15.5. The van der Waals surface area contributed by atoms with Crippen LogP contribution in [0.3, 0.4) is 0 Å². The topological polar surface area (TPSA) is 94.0 Å². The van der Waals surface area contributed by atoms with E-state index < -0.39 is 5.91 Å². The summed E-state index contributed by atoms with van der Waals surface area (Å²) in [6, 6.07) is 3.61. The number of nitrogens with one attached hydrogen (secondary N) is 1. The van der Waals surface area contributed by atoms with Crippen LogP contribution in [-0.4, -0.2) is 16.9 Å². The van der Waals surface area contributed by atoms with Gasteiger partial charge in [0, 0.05) is 6.04 Å². The van der Waals surface area contributed by atoms with Crippen molar-refractivity contribution < 1.29 is 4.79 Å². The second-order valence-electron chi connectivity index (χ2n) is 5.94. The summed E-state index contributed by atoms with van der Waals surface area (Å²) in [7, 11) is 0. The van der Waals surface area contributed by atoms with Crippen LogP contribution < -0.4 is 16.8 Å². The normalized spacial score (nSPS) is 22.8. The second-order valence-corrected chi connectivity index (χ2v) is 5.94. The first-order chi connectivity index (χ1) is 9.49. The van der Waals surface area contributed by atoms with Crippen molar-refractivity contribution in [2.45, 2.75) is 45.6 Å². The Morgan fingerprint density at radius 1 is 1.35 bits per heavy atom. The third-order valence-corrected chi connectivity index (χ3v) is 4.18. The van der Waals surface area contributed by atoms with Gasteiger partial charge in [0.2, 0.25) is 0 Å². The first-order valence-corrected chi connectivity index (χ1v) is 7.32. The third-order valence-electron chi connectivity index (χ3n) is 4.18. The van der Waals surface area contributed by atoms with Gasteiger partial charge >= 0.3 is 0 Å². The van der Waals surface area contributed by atoms with Crippen molar-refractivity contribution in [2.24, 2.45) is 17.6 Å². The number of hydrogen-bond acceptors (Lipinski definition) is 4. The molecule has 0 saturated heterocycles. The summed E-state index contributed by atoms with van der Waals surface area (Å²) in [5.74, 6) is 1.28. The summed E-state index contributed by atoms with van der Waals surface area (Å²) in [6.07, 6.45) is 4.84. The first-order valence-electron chi connectivity index (χ1n) is 7.32. The molecule has 1 fully saturated rings. The lowest BCUT2D eigenvalue weighted by molar-refractivity contribution is 0.0995. The van der Waals surface area contributed by atoms with Crippen LogP contribution in [0.1, 0.15) is 50.0 Å². The minimum absolute atomic E-state index is 0.249. The lowest BCUT2D eigenvalue weighted by Crippen LogP contribution is -2.36. The van der Waals surface area contributed by atoms with Crippen LogP contribution in [0.15, 0.2) is 12.1 Å². The van der Waals surface area contributed by atoms with E-state index in [2.05, 4.69) is 24.1 Å². The quantitative estimate of drug-likeness (QED) is 0.787. The van der Waals surface area contributed by atoms with E-state index in [1.54, 1.807) is 12.1 Å².